The van der Waals surface area contributed by atoms with Crippen molar-refractivity contribution in [2.45, 2.75) is 0 Å². The average molecular weight is 189 g/mol. The largest absolute Gasteiger partial charge is 0.398 e. The second-order valence-electron chi connectivity index (χ2n) is 2.66. The van der Waals surface area contributed by atoms with Crippen LogP contribution in [-0.4, -0.2) is 11.7 Å². The highest BCUT2D eigenvalue weighted by atomic mass is 16.1. The van der Waals surface area contributed by atoms with Crippen molar-refractivity contribution in [1.29, 1.82) is 5.41 Å². The molecule has 0 radical (unpaired) electrons. The lowest BCUT2D eigenvalue weighted by Crippen LogP contribution is -2.29. The van der Waals surface area contributed by atoms with E-state index in [-0.39, 0.29) is 5.84 Å². The molecule has 72 valence electrons. The predicted molar refractivity (Wildman–Crippen MR) is 56.0 cm³/mol. The first-order valence-electron chi connectivity index (χ1n) is 4.02. The van der Waals surface area contributed by atoms with E-state index in [1.807, 2.05) is 0 Å². The number of nitrogens with two attached hydrogens (primary N) is 1. The van der Waals surface area contributed by atoms with Gasteiger partial charge in [-0.15, -0.1) is 0 Å². The van der Waals surface area contributed by atoms with Crippen LogP contribution in [0.4, 0.5) is 5.69 Å². The number of rotatable bonds is 2. The van der Waals surface area contributed by atoms with Crippen LogP contribution in [0.25, 0.3) is 0 Å². The molecule has 0 saturated heterocycles. The van der Waals surface area contributed by atoms with Crippen LogP contribution in [-0.2, 0) is 4.79 Å². The maximum absolute atomic E-state index is 10.9. The predicted octanol–water partition coefficient (Wildman–Crippen LogP) is 0.896. The van der Waals surface area contributed by atoms with Gasteiger partial charge >= 0.3 is 0 Å². The van der Waals surface area contributed by atoms with Crippen molar-refractivity contribution in [2.75, 3.05) is 5.73 Å². The van der Waals surface area contributed by atoms with E-state index in [0.29, 0.717) is 11.3 Å². The summed E-state index contributed by atoms with van der Waals surface area (Å²) in [7, 11) is 0. The maximum atomic E-state index is 10.9. The third kappa shape index (κ3) is 2.20. The number of carbonyl (C=O) groups is 1. The first kappa shape index (κ1) is 9.98. The lowest BCUT2D eigenvalue weighted by molar-refractivity contribution is -0.115. The van der Waals surface area contributed by atoms with Gasteiger partial charge in [0.05, 0.1) is 0 Å². The molecule has 0 aliphatic heterocycles. The number of nitrogens with one attached hydrogen (secondary N) is 2. The van der Waals surface area contributed by atoms with E-state index in [2.05, 4.69) is 11.9 Å². The molecule has 4 nitrogen and oxygen atoms in total. The molecule has 0 heterocycles. The number of nitrogen functional groups attached to an aromatic ring is 1. The van der Waals surface area contributed by atoms with Crippen LogP contribution >= 0.6 is 0 Å². The summed E-state index contributed by atoms with van der Waals surface area (Å²) < 4.78 is 0. The third-order valence-electron chi connectivity index (χ3n) is 1.66. The first-order valence-corrected chi connectivity index (χ1v) is 4.02. The number of hydrogen-bond acceptors (Lipinski definition) is 3. The van der Waals surface area contributed by atoms with Gasteiger partial charge in [0.25, 0.3) is 0 Å². The van der Waals surface area contributed by atoms with Crippen molar-refractivity contribution in [3.63, 3.8) is 0 Å². The molecule has 0 unspecified atom stereocenters. The van der Waals surface area contributed by atoms with Gasteiger partial charge < -0.3 is 11.1 Å². The van der Waals surface area contributed by atoms with E-state index in [1.54, 1.807) is 24.3 Å². The highest BCUT2D eigenvalue weighted by Crippen LogP contribution is 2.09. The normalized spacial score (nSPS) is 9.14. The summed E-state index contributed by atoms with van der Waals surface area (Å²) >= 11 is 0. The Hall–Kier alpha value is -2.10. The van der Waals surface area contributed by atoms with E-state index >= 15 is 0 Å². The molecule has 0 aliphatic rings. The smallest absolute Gasteiger partial charge is 0.248 e. The Labute approximate surface area is 81.9 Å². The van der Waals surface area contributed by atoms with Crippen molar-refractivity contribution >= 4 is 17.4 Å². The van der Waals surface area contributed by atoms with Crippen LogP contribution in [0.1, 0.15) is 5.56 Å². The molecule has 4 heteroatoms. The minimum Gasteiger partial charge on any atom is -0.398 e. The fourth-order valence-electron chi connectivity index (χ4n) is 0.966. The Morgan fingerprint density at radius 2 is 2.14 bits per heavy atom. The lowest BCUT2D eigenvalue weighted by atomic mass is 10.1. The van der Waals surface area contributed by atoms with Crippen LogP contribution in [0, 0.1) is 5.41 Å². The lowest BCUT2D eigenvalue weighted by Gasteiger charge is -2.06. The quantitative estimate of drug-likeness (QED) is 0.279. The molecule has 1 amide bonds. The zero-order valence-electron chi connectivity index (χ0n) is 7.58. The highest BCUT2D eigenvalue weighted by Gasteiger charge is 2.06. The van der Waals surface area contributed by atoms with Crippen molar-refractivity contribution in [3.05, 3.63) is 42.5 Å². The van der Waals surface area contributed by atoms with Crippen LogP contribution in [0.2, 0.25) is 0 Å². The van der Waals surface area contributed by atoms with Gasteiger partial charge in [-0.3, -0.25) is 10.2 Å². The monoisotopic (exact) mass is 189 g/mol. The number of para-hydroxylation sites is 1. The summed E-state index contributed by atoms with van der Waals surface area (Å²) in [5.74, 6) is -0.439. The Morgan fingerprint density at radius 3 is 2.71 bits per heavy atom. The number of carbonyl (C=O) groups excluding carboxylic acids is 1. The van der Waals surface area contributed by atoms with Gasteiger partial charge in [-0.1, -0.05) is 18.7 Å². The topological polar surface area (TPSA) is 79.0 Å². The Bertz CT molecular complexity index is 385. The average Bonchev–Trinajstić information content (AvgIpc) is 2.18. The van der Waals surface area contributed by atoms with Crippen LogP contribution in [0.5, 0.6) is 0 Å². The standard InChI is InChI=1S/C10H11N3O/c1-2-9(14)13-10(12)7-5-3-4-6-8(7)11/h2-6H,1,11H2,(H2,12,13,14). The minimum atomic E-state index is -0.418. The van der Waals surface area contributed by atoms with Gasteiger partial charge in [0.15, 0.2) is 0 Å². The van der Waals surface area contributed by atoms with E-state index in [9.17, 15) is 4.79 Å². The SMILES string of the molecule is C=CC(=O)NC(=N)c1ccccc1N. The van der Waals surface area contributed by atoms with Crippen LogP contribution in [0.15, 0.2) is 36.9 Å². The second kappa shape index (κ2) is 4.23. The molecule has 0 aromatic heterocycles. The van der Waals surface area contributed by atoms with E-state index in [1.165, 1.54) is 0 Å². The second-order valence-corrected chi connectivity index (χ2v) is 2.66. The molecule has 0 spiro atoms. The fraction of sp³-hybridized carbons (Fsp3) is 0. The van der Waals surface area contributed by atoms with Gasteiger partial charge in [0.2, 0.25) is 5.91 Å². The zero-order chi connectivity index (χ0) is 10.6. The minimum absolute atomic E-state index is 0.0204. The summed E-state index contributed by atoms with van der Waals surface area (Å²) in [6, 6.07) is 6.85. The summed E-state index contributed by atoms with van der Waals surface area (Å²) in [5, 5.41) is 9.88. The van der Waals surface area contributed by atoms with E-state index in [0.717, 1.165) is 6.08 Å². The number of hydrogen-bond donors (Lipinski definition) is 3. The molecule has 0 saturated carbocycles. The van der Waals surface area contributed by atoms with Crippen molar-refractivity contribution in [1.82, 2.24) is 5.32 Å². The number of amidine groups is 1. The number of amides is 1. The Morgan fingerprint density at radius 1 is 1.50 bits per heavy atom. The van der Waals surface area contributed by atoms with E-state index < -0.39 is 5.91 Å². The van der Waals surface area contributed by atoms with E-state index in [4.69, 9.17) is 11.1 Å². The molecule has 14 heavy (non-hydrogen) atoms. The number of benzene rings is 1. The molecule has 4 N–H and O–H groups in total. The molecule has 1 aromatic carbocycles. The Balaban J connectivity index is 2.85. The summed E-state index contributed by atoms with van der Waals surface area (Å²) in [5.41, 5.74) is 6.58. The molecule has 0 fully saturated rings. The Kier molecular flexibility index (Phi) is 3.01. The maximum Gasteiger partial charge on any atom is 0.248 e. The van der Waals surface area contributed by atoms with Gasteiger partial charge in [0, 0.05) is 11.3 Å². The van der Waals surface area contributed by atoms with Crippen molar-refractivity contribution < 1.29 is 4.79 Å². The molecular weight excluding hydrogens is 178 g/mol. The summed E-state index contributed by atoms with van der Waals surface area (Å²) in [6.07, 6.45) is 1.10. The molecule has 0 aliphatic carbocycles. The fourth-order valence-corrected chi connectivity index (χ4v) is 0.966. The summed E-state index contributed by atoms with van der Waals surface area (Å²) in [6.45, 7) is 3.29. The highest BCUT2D eigenvalue weighted by molar-refractivity contribution is 6.11. The molecule has 1 rings (SSSR count). The third-order valence-corrected chi connectivity index (χ3v) is 1.66. The van der Waals surface area contributed by atoms with Gasteiger partial charge in [-0.2, -0.15) is 0 Å². The summed E-state index contributed by atoms with van der Waals surface area (Å²) in [4.78, 5) is 10.9. The molecule has 1 aromatic rings. The van der Waals surface area contributed by atoms with Gasteiger partial charge in [-0.05, 0) is 18.2 Å². The van der Waals surface area contributed by atoms with Crippen LogP contribution < -0.4 is 11.1 Å². The van der Waals surface area contributed by atoms with Crippen molar-refractivity contribution in [3.8, 4) is 0 Å². The number of anilines is 1. The first-order chi connectivity index (χ1) is 6.65. The van der Waals surface area contributed by atoms with Crippen molar-refractivity contribution in [2.24, 2.45) is 0 Å². The molecule has 0 bridgehead atoms. The zero-order valence-corrected chi connectivity index (χ0v) is 7.58. The van der Waals surface area contributed by atoms with Gasteiger partial charge in [0.1, 0.15) is 5.84 Å². The molecular formula is C10H11N3O. The van der Waals surface area contributed by atoms with Crippen LogP contribution in [0.3, 0.4) is 0 Å². The molecule has 0 atom stereocenters. The van der Waals surface area contributed by atoms with Gasteiger partial charge in [-0.25, -0.2) is 0 Å².